The number of amides is 1. The molecule has 104 valence electrons. The second-order valence-corrected chi connectivity index (χ2v) is 4.80. The third-order valence-electron chi connectivity index (χ3n) is 3.13. The van der Waals surface area contributed by atoms with Crippen molar-refractivity contribution in [2.45, 2.75) is 46.2 Å². The van der Waals surface area contributed by atoms with Gasteiger partial charge >= 0.3 is 0 Å². The van der Waals surface area contributed by atoms with Crippen molar-refractivity contribution in [3.05, 3.63) is 0 Å². The first-order chi connectivity index (χ1) is 7.40. The van der Waals surface area contributed by atoms with E-state index < -0.39 is 6.04 Å². The van der Waals surface area contributed by atoms with Gasteiger partial charge in [-0.3, -0.25) is 4.79 Å². The van der Waals surface area contributed by atoms with Gasteiger partial charge in [0.15, 0.2) is 0 Å². The van der Waals surface area contributed by atoms with Crippen molar-refractivity contribution >= 4 is 18.3 Å². The van der Waals surface area contributed by atoms with Crippen LogP contribution in [-0.4, -0.2) is 43.0 Å². The van der Waals surface area contributed by atoms with Gasteiger partial charge in [-0.2, -0.15) is 0 Å². The van der Waals surface area contributed by atoms with E-state index in [0.29, 0.717) is 12.6 Å². The molecule has 0 saturated carbocycles. The Kier molecular flexibility index (Phi) is 10.8. The molecule has 0 rings (SSSR count). The minimum Gasteiger partial charge on any atom is -0.353 e. The van der Waals surface area contributed by atoms with Crippen LogP contribution < -0.4 is 11.1 Å². The largest absolute Gasteiger partial charge is 0.353 e. The number of hydrogen-bond acceptors (Lipinski definition) is 3. The molecule has 17 heavy (non-hydrogen) atoms. The lowest BCUT2D eigenvalue weighted by molar-refractivity contribution is -0.123. The Morgan fingerprint density at radius 2 is 1.88 bits per heavy atom. The molecule has 0 radical (unpaired) electrons. The molecule has 0 aromatic carbocycles. The van der Waals surface area contributed by atoms with Gasteiger partial charge in [-0.05, 0) is 26.3 Å². The zero-order valence-electron chi connectivity index (χ0n) is 11.7. The average Bonchev–Trinajstić information content (AvgIpc) is 2.26. The molecule has 0 fully saturated rings. The summed E-state index contributed by atoms with van der Waals surface area (Å²) in [5.74, 6) is 0.139. The minimum atomic E-state index is -0.395. The third-order valence-corrected chi connectivity index (χ3v) is 3.13. The maximum atomic E-state index is 11.6. The van der Waals surface area contributed by atoms with E-state index in [2.05, 4.69) is 31.1 Å². The van der Waals surface area contributed by atoms with Crippen LogP contribution in [0, 0.1) is 5.92 Å². The molecule has 1 unspecified atom stereocenters. The Hall–Kier alpha value is -0.320. The number of carbonyl (C=O) groups excluding carboxylic acids is 1. The Balaban J connectivity index is 0. The number of likely N-dealkylation sites (N-methyl/N-ethyl adjacent to an activating group) is 1. The smallest absolute Gasteiger partial charge is 0.237 e. The molecule has 5 heteroatoms. The molecule has 2 atom stereocenters. The first-order valence-corrected chi connectivity index (χ1v) is 6.13. The van der Waals surface area contributed by atoms with Crippen molar-refractivity contribution in [1.29, 1.82) is 0 Å². The lowest BCUT2D eigenvalue weighted by Gasteiger charge is -2.24. The summed E-state index contributed by atoms with van der Waals surface area (Å²) in [7, 11) is 2.07. The van der Waals surface area contributed by atoms with Gasteiger partial charge in [0.2, 0.25) is 5.91 Å². The minimum absolute atomic E-state index is 0. The molecule has 0 heterocycles. The first kappa shape index (κ1) is 19.0. The maximum absolute atomic E-state index is 11.6. The van der Waals surface area contributed by atoms with Crippen LogP contribution in [0.3, 0.4) is 0 Å². The number of carbonyl (C=O) groups is 1. The number of nitrogens with zero attached hydrogens (tertiary/aromatic N) is 1. The normalized spacial score (nSPS) is 14.4. The van der Waals surface area contributed by atoms with E-state index in [1.54, 1.807) is 0 Å². The van der Waals surface area contributed by atoms with Crippen molar-refractivity contribution in [2.75, 3.05) is 20.1 Å². The Labute approximate surface area is 112 Å². The van der Waals surface area contributed by atoms with E-state index in [1.165, 1.54) is 0 Å². The van der Waals surface area contributed by atoms with Gasteiger partial charge in [-0.1, -0.05) is 20.8 Å². The van der Waals surface area contributed by atoms with Crippen LogP contribution in [0.2, 0.25) is 0 Å². The SMILES string of the molecule is CCC(C)N(C)CCNC(=O)[C@@H](N)C(C)C.Cl. The van der Waals surface area contributed by atoms with E-state index in [4.69, 9.17) is 5.73 Å². The highest BCUT2D eigenvalue weighted by Gasteiger charge is 2.16. The van der Waals surface area contributed by atoms with Crippen molar-refractivity contribution in [3.63, 3.8) is 0 Å². The second-order valence-electron chi connectivity index (χ2n) is 4.80. The molecule has 3 N–H and O–H groups in total. The summed E-state index contributed by atoms with van der Waals surface area (Å²) in [6.07, 6.45) is 1.12. The van der Waals surface area contributed by atoms with E-state index >= 15 is 0 Å². The van der Waals surface area contributed by atoms with Crippen molar-refractivity contribution in [2.24, 2.45) is 11.7 Å². The zero-order valence-corrected chi connectivity index (χ0v) is 12.5. The summed E-state index contributed by atoms with van der Waals surface area (Å²) in [6.45, 7) is 9.78. The number of nitrogens with one attached hydrogen (secondary N) is 1. The summed E-state index contributed by atoms with van der Waals surface area (Å²) < 4.78 is 0. The molecular weight excluding hydrogens is 238 g/mol. The van der Waals surface area contributed by atoms with Crippen LogP contribution in [0.15, 0.2) is 0 Å². The lowest BCUT2D eigenvalue weighted by atomic mass is 10.1. The van der Waals surface area contributed by atoms with E-state index in [-0.39, 0.29) is 24.2 Å². The quantitative estimate of drug-likeness (QED) is 0.728. The third kappa shape index (κ3) is 7.58. The van der Waals surface area contributed by atoms with Gasteiger partial charge in [0.05, 0.1) is 6.04 Å². The van der Waals surface area contributed by atoms with Gasteiger partial charge in [0.1, 0.15) is 0 Å². The van der Waals surface area contributed by atoms with Crippen molar-refractivity contribution < 1.29 is 4.79 Å². The fraction of sp³-hybridized carbons (Fsp3) is 0.917. The fourth-order valence-corrected chi connectivity index (χ4v) is 1.31. The Morgan fingerprint density at radius 1 is 1.35 bits per heavy atom. The van der Waals surface area contributed by atoms with Crippen LogP contribution in [0.5, 0.6) is 0 Å². The van der Waals surface area contributed by atoms with E-state index in [1.807, 2.05) is 13.8 Å². The highest BCUT2D eigenvalue weighted by atomic mass is 35.5. The lowest BCUT2D eigenvalue weighted by Crippen LogP contribution is -2.46. The summed E-state index contributed by atoms with van der Waals surface area (Å²) in [5, 5.41) is 2.87. The van der Waals surface area contributed by atoms with E-state index in [9.17, 15) is 4.79 Å². The van der Waals surface area contributed by atoms with Gasteiger partial charge in [-0.15, -0.1) is 12.4 Å². The van der Waals surface area contributed by atoms with Crippen LogP contribution >= 0.6 is 12.4 Å². The van der Waals surface area contributed by atoms with Gasteiger partial charge in [0, 0.05) is 19.1 Å². The molecule has 0 aliphatic rings. The average molecular weight is 266 g/mol. The molecule has 0 aliphatic carbocycles. The summed E-state index contributed by atoms with van der Waals surface area (Å²) in [5.41, 5.74) is 5.74. The Morgan fingerprint density at radius 3 is 2.29 bits per heavy atom. The summed E-state index contributed by atoms with van der Waals surface area (Å²) in [4.78, 5) is 13.8. The van der Waals surface area contributed by atoms with E-state index in [0.717, 1.165) is 13.0 Å². The molecule has 0 aliphatic heterocycles. The van der Waals surface area contributed by atoms with Gasteiger partial charge in [0.25, 0.3) is 0 Å². The monoisotopic (exact) mass is 265 g/mol. The number of rotatable bonds is 7. The molecule has 0 bridgehead atoms. The van der Waals surface area contributed by atoms with Crippen molar-refractivity contribution in [3.8, 4) is 0 Å². The predicted octanol–water partition coefficient (Wildman–Crippen LogP) is 1.24. The molecule has 0 aromatic heterocycles. The van der Waals surface area contributed by atoms with Crippen LogP contribution in [0.4, 0.5) is 0 Å². The highest BCUT2D eigenvalue weighted by Crippen LogP contribution is 1.99. The van der Waals surface area contributed by atoms with Gasteiger partial charge in [-0.25, -0.2) is 0 Å². The number of nitrogens with two attached hydrogens (primary N) is 1. The standard InChI is InChI=1S/C12H27N3O.ClH/c1-6-10(4)15(5)8-7-14-12(16)11(13)9(2)3;/h9-11H,6-8,13H2,1-5H3,(H,14,16);1H/t10?,11-;/m0./s1. The van der Waals surface area contributed by atoms with Crippen LogP contribution in [0.1, 0.15) is 34.1 Å². The number of hydrogen-bond donors (Lipinski definition) is 2. The molecule has 0 saturated heterocycles. The first-order valence-electron chi connectivity index (χ1n) is 6.13. The second kappa shape index (κ2) is 9.68. The zero-order chi connectivity index (χ0) is 12.7. The molecule has 0 aromatic rings. The number of halogens is 1. The predicted molar refractivity (Wildman–Crippen MR) is 75.5 cm³/mol. The van der Waals surface area contributed by atoms with Crippen LogP contribution in [-0.2, 0) is 4.79 Å². The van der Waals surface area contributed by atoms with Gasteiger partial charge < -0.3 is 16.0 Å². The molecule has 0 spiro atoms. The van der Waals surface area contributed by atoms with Crippen molar-refractivity contribution in [1.82, 2.24) is 10.2 Å². The highest BCUT2D eigenvalue weighted by molar-refractivity contribution is 5.85. The molecule has 1 amide bonds. The molecular formula is C12H28ClN3O. The summed E-state index contributed by atoms with van der Waals surface area (Å²) in [6, 6.07) is 0.157. The Bertz CT molecular complexity index is 212. The molecule has 4 nitrogen and oxygen atoms in total. The maximum Gasteiger partial charge on any atom is 0.237 e. The van der Waals surface area contributed by atoms with Crippen LogP contribution in [0.25, 0.3) is 0 Å². The fourth-order valence-electron chi connectivity index (χ4n) is 1.31. The summed E-state index contributed by atoms with van der Waals surface area (Å²) >= 11 is 0. The topological polar surface area (TPSA) is 58.4 Å².